The number of carboxylic acid groups (broad SMARTS) is 1. The Kier molecular flexibility index (Phi) is 3.54. The minimum atomic E-state index is -1.04. The third kappa shape index (κ3) is 2.42. The molecule has 1 saturated heterocycles. The lowest BCUT2D eigenvalue weighted by atomic mass is 9.82. The van der Waals surface area contributed by atoms with Crippen LogP contribution in [0.15, 0.2) is 36.4 Å². The van der Waals surface area contributed by atoms with Crippen LogP contribution in [0.1, 0.15) is 17.3 Å². The van der Waals surface area contributed by atoms with E-state index in [9.17, 15) is 19.5 Å². The second kappa shape index (κ2) is 5.38. The number of carbonyl (C=O) groups is 3. The van der Waals surface area contributed by atoms with Gasteiger partial charge in [-0.15, -0.1) is 0 Å². The first-order valence-corrected chi connectivity index (χ1v) is 6.96. The van der Waals surface area contributed by atoms with Crippen molar-refractivity contribution in [2.45, 2.75) is 19.1 Å². The quantitative estimate of drug-likeness (QED) is 0.649. The maximum Gasteiger partial charge on any atom is 0.310 e. The molecule has 0 spiro atoms. The van der Waals surface area contributed by atoms with E-state index in [1.54, 1.807) is 36.4 Å². The molecule has 3 rings (SSSR count). The zero-order valence-electron chi connectivity index (χ0n) is 11.9. The Morgan fingerprint density at radius 1 is 1.05 bits per heavy atom. The fourth-order valence-electron chi connectivity index (χ4n) is 2.93. The first-order valence-electron chi connectivity index (χ1n) is 6.96. The average Bonchev–Trinajstić information content (AvgIpc) is 3.08. The number of benzene rings is 1. The molecule has 1 aromatic carbocycles. The molecule has 0 saturated carbocycles. The number of amides is 1. The number of ketones is 1. The number of carboxylic acids is 1. The van der Waals surface area contributed by atoms with E-state index >= 15 is 0 Å². The minimum Gasteiger partial charge on any atom is -0.481 e. The number of rotatable bonds is 4. The van der Waals surface area contributed by atoms with Crippen LogP contribution in [-0.4, -0.2) is 35.0 Å². The van der Waals surface area contributed by atoms with Crippen molar-refractivity contribution in [3.63, 3.8) is 0 Å². The maximum absolute atomic E-state index is 12.4. The monoisotopic (exact) mass is 301 g/mol. The molecular weight excluding hydrogens is 286 g/mol. The van der Waals surface area contributed by atoms with E-state index in [1.807, 2.05) is 0 Å². The zero-order chi connectivity index (χ0) is 15.9. The Labute approximate surface area is 126 Å². The third-order valence-corrected chi connectivity index (χ3v) is 4.05. The summed E-state index contributed by atoms with van der Waals surface area (Å²) in [5.41, 5.74) is 1.07. The number of hydrogen-bond acceptors (Lipinski definition) is 4. The van der Waals surface area contributed by atoms with Gasteiger partial charge in [-0.25, -0.2) is 0 Å². The molecule has 2 aliphatic heterocycles. The van der Waals surface area contributed by atoms with E-state index in [1.165, 1.54) is 6.92 Å². The van der Waals surface area contributed by atoms with Crippen LogP contribution in [-0.2, 0) is 14.3 Å². The molecule has 2 aliphatic rings. The van der Waals surface area contributed by atoms with Crippen molar-refractivity contribution in [2.75, 3.05) is 5.32 Å². The molecule has 6 nitrogen and oxygen atoms in total. The van der Waals surface area contributed by atoms with Gasteiger partial charge in [0.1, 0.15) is 5.92 Å². The van der Waals surface area contributed by atoms with Crippen LogP contribution in [0.25, 0.3) is 0 Å². The molecule has 4 atom stereocenters. The molecule has 1 fully saturated rings. The van der Waals surface area contributed by atoms with Crippen molar-refractivity contribution in [3.8, 4) is 0 Å². The molecule has 2 N–H and O–H groups in total. The highest BCUT2D eigenvalue weighted by atomic mass is 16.5. The molecule has 1 amide bonds. The Bertz CT molecular complexity index is 664. The topological polar surface area (TPSA) is 92.7 Å². The summed E-state index contributed by atoms with van der Waals surface area (Å²) >= 11 is 0. The molecule has 6 heteroatoms. The summed E-state index contributed by atoms with van der Waals surface area (Å²) in [7, 11) is 0. The summed E-state index contributed by atoms with van der Waals surface area (Å²) in [6.07, 6.45) is 2.38. The second-order valence-electron chi connectivity index (χ2n) is 5.46. The number of carbonyl (C=O) groups excluding carboxylic acids is 2. The second-order valence-corrected chi connectivity index (χ2v) is 5.46. The Morgan fingerprint density at radius 2 is 1.64 bits per heavy atom. The van der Waals surface area contributed by atoms with E-state index in [0.29, 0.717) is 11.3 Å². The highest BCUT2D eigenvalue weighted by Crippen LogP contribution is 2.39. The van der Waals surface area contributed by atoms with Crippen LogP contribution < -0.4 is 5.32 Å². The summed E-state index contributed by atoms with van der Waals surface area (Å²) in [5, 5.41) is 12.0. The van der Waals surface area contributed by atoms with Crippen molar-refractivity contribution in [1.29, 1.82) is 0 Å². The maximum atomic E-state index is 12.4. The van der Waals surface area contributed by atoms with E-state index < -0.39 is 30.0 Å². The number of fused-ring (bicyclic) bond motifs is 2. The lowest BCUT2D eigenvalue weighted by Gasteiger charge is -2.21. The normalized spacial score (nSPS) is 28.6. The van der Waals surface area contributed by atoms with Gasteiger partial charge < -0.3 is 15.2 Å². The van der Waals surface area contributed by atoms with Gasteiger partial charge in [0.25, 0.3) is 0 Å². The molecule has 1 aromatic rings. The van der Waals surface area contributed by atoms with Crippen LogP contribution in [0, 0.1) is 11.8 Å². The van der Waals surface area contributed by atoms with Gasteiger partial charge in [-0.3, -0.25) is 14.4 Å². The number of hydrogen-bond donors (Lipinski definition) is 2. The van der Waals surface area contributed by atoms with Crippen molar-refractivity contribution >= 4 is 23.3 Å². The lowest BCUT2D eigenvalue weighted by molar-refractivity contribution is -0.145. The summed E-state index contributed by atoms with van der Waals surface area (Å²) in [6, 6.07) is 6.47. The molecule has 0 radical (unpaired) electrons. The zero-order valence-corrected chi connectivity index (χ0v) is 11.9. The molecular formula is C16H15NO5. The lowest BCUT2D eigenvalue weighted by Crippen LogP contribution is -2.39. The van der Waals surface area contributed by atoms with Crippen LogP contribution in [0.3, 0.4) is 0 Å². The van der Waals surface area contributed by atoms with Crippen molar-refractivity contribution < 1.29 is 24.2 Å². The van der Waals surface area contributed by atoms with Crippen LogP contribution in [0.4, 0.5) is 5.69 Å². The molecule has 114 valence electrons. The van der Waals surface area contributed by atoms with Crippen LogP contribution in [0.5, 0.6) is 0 Å². The van der Waals surface area contributed by atoms with E-state index in [4.69, 9.17) is 4.74 Å². The van der Waals surface area contributed by atoms with Gasteiger partial charge in [-0.1, -0.05) is 12.2 Å². The highest BCUT2D eigenvalue weighted by molar-refractivity contribution is 5.98. The van der Waals surface area contributed by atoms with Gasteiger partial charge in [0.05, 0.1) is 18.1 Å². The first kappa shape index (κ1) is 14.5. The van der Waals surface area contributed by atoms with E-state index in [-0.39, 0.29) is 11.7 Å². The van der Waals surface area contributed by atoms with Gasteiger partial charge in [0.2, 0.25) is 5.91 Å². The number of nitrogens with one attached hydrogen (secondary N) is 1. The number of aliphatic carboxylic acids is 1. The molecule has 0 aliphatic carbocycles. The molecule has 22 heavy (non-hydrogen) atoms. The smallest absolute Gasteiger partial charge is 0.310 e. The van der Waals surface area contributed by atoms with Gasteiger partial charge in [-0.2, -0.15) is 0 Å². The largest absolute Gasteiger partial charge is 0.481 e. The standard InChI is InChI=1S/C16H15NO5/c1-8(18)9-2-4-10(5-3-9)17-15(19)13-11-6-7-12(22-11)14(13)16(20)21/h2-7,11-14H,1H3,(H,17,19)(H,20,21)/t11-,12-,13+,14+/m1/s1. The Hall–Kier alpha value is -2.47. The van der Waals surface area contributed by atoms with Gasteiger partial charge in [0, 0.05) is 11.3 Å². The SMILES string of the molecule is CC(=O)c1ccc(NC(=O)[C@@H]2[C@@H](C(=O)O)[C@H]3C=C[C@H]2O3)cc1. The van der Waals surface area contributed by atoms with Crippen molar-refractivity contribution in [1.82, 2.24) is 0 Å². The molecule has 2 bridgehead atoms. The van der Waals surface area contributed by atoms with E-state index in [0.717, 1.165) is 0 Å². The predicted octanol–water partition coefficient (Wildman–Crippen LogP) is 1.48. The summed E-state index contributed by atoms with van der Waals surface area (Å²) in [5.74, 6) is -3.11. The van der Waals surface area contributed by atoms with Crippen LogP contribution in [0.2, 0.25) is 0 Å². The predicted molar refractivity (Wildman–Crippen MR) is 77.5 cm³/mol. The van der Waals surface area contributed by atoms with Gasteiger partial charge in [0.15, 0.2) is 5.78 Å². The Morgan fingerprint density at radius 3 is 2.18 bits per heavy atom. The number of ether oxygens (including phenoxy) is 1. The number of Topliss-reactive ketones (excluding diaryl/α,β-unsaturated/α-hetero) is 1. The summed E-state index contributed by atoms with van der Waals surface area (Å²) in [4.78, 5) is 34.9. The third-order valence-electron chi connectivity index (χ3n) is 4.05. The van der Waals surface area contributed by atoms with Gasteiger partial charge >= 0.3 is 5.97 Å². The fourth-order valence-corrected chi connectivity index (χ4v) is 2.93. The first-order chi connectivity index (χ1) is 10.5. The van der Waals surface area contributed by atoms with Crippen molar-refractivity contribution in [3.05, 3.63) is 42.0 Å². The molecule has 0 unspecified atom stereocenters. The molecule has 0 aromatic heterocycles. The summed E-state index contributed by atoms with van der Waals surface area (Å²) < 4.78 is 5.47. The minimum absolute atomic E-state index is 0.0598. The van der Waals surface area contributed by atoms with E-state index in [2.05, 4.69) is 5.32 Å². The highest BCUT2D eigenvalue weighted by Gasteiger charge is 2.53. The van der Waals surface area contributed by atoms with Crippen LogP contribution >= 0.6 is 0 Å². The Balaban J connectivity index is 1.75. The summed E-state index contributed by atoms with van der Waals surface area (Å²) in [6.45, 7) is 1.46. The van der Waals surface area contributed by atoms with Gasteiger partial charge in [-0.05, 0) is 31.2 Å². The fraction of sp³-hybridized carbons (Fsp3) is 0.312. The number of anilines is 1. The average molecular weight is 301 g/mol. The van der Waals surface area contributed by atoms with Crippen molar-refractivity contribution in [2.24, 2.45) is 11.8 Å². The molecule has 2 heterocycles.